The molecule has 0 heterocycles. The van der Waals surface area contributed by atoms with E-state index in [0.717, 1.165) is 32.1 Å². The average molecular weight is 699 g/mol. The monoisotopic (exact) mass is 700 g/mol. The van der Waals surface area contributed by atoms with Gasteiger partial charge in [-0.2, -0.15) is 0 Å². The molecule has 0 unspecified atom stereocenters. The van der Waals surface area contributed by atoms with Gasteiger partial charge in [-0.3, -0.25) is 0 Å². The van der Waals surface area contributed by atoms with Crippen LogP contribution in [0.4, 0.5) is 0 Å². The number of hydrogen-bond acceptors (Lipinski definition) is 4. The van der Waals surface area contributed by atoms with Crippen molar-refractivity contribution < 1.29 is 58.0 Å². The zero-order valence-corrected chi connectivity index (χ0v) is 27.9. The number of rotatable bonds is 29. The summed E-state index contributed by atoms with van der Waals surface area (Å²) < 4.78 is 0. The molecule has 0 spiro atoms. The van der Waals surface area contributed by atoms with Crippen LogP contribution in [0.25, 0.3) is 0 Å². The van der Waals surface area contributed by atoms with Gasteiger partial charge in [0.15, 0.2) is 0 Å². The molecular weight excluding hydrogens is 635 g/mol. The maximum atomic E-state index is 10.2. The molecule has 0 N–H and O–H groups in total. The van der Waals surface area contributed by atoms with E-state index in [2.05, 4.69) is 26.0 Å². The fraction of sp³-hybridized carbons (Fsp3) is 0.882. The van der Waals surface area contributed by atoms with E-state index in [4.69, 9.17) is 0 Å². The third-order valence-electron chi connectivity index (χ3n) is 7.13. The zero-order valence-electron chi connectivity index (χ0n) is 25.9. The molecule has 0 atom stereocenters. The van der Waals surface area contributed by atoms with Gasteiger partial charge >= 0.3 is 0 Å². The van der Waals surface area contributed by atoms with Gasteiger partial charge < -0.3 is 19.8 Å². The van der Waals surface area contributed by atoms with Crippen LogP contribution in [0, 0.1) is 38.2 Å². The van der Waals surface area contributed by atoms with E-state index in [9.17, 15) is 19.8 Å². The number of carbonyl (C=O) groups is 2. The molecule has 4 nitrogen and oxygen atoms in total. The smallest absolute Gasteiger partial charge is 0.0414 e. The van der Waals surface area contributed by atoms with E-state index in [1.807, 2.05) is 0 Å². The standard InChI is InChI=1S/C18H34O2.C16H32O2.Dy/c1-2-3-4-5-6-7-8-9-10-11-12-13-14-15-16-17-18(19)20;1-2-3-4-5-6-7-8-9-10-11-12-13-14-15-16(17)18;/h9-10H,2-8,11-17H2,1H3,(H,19,20);2-15H2,1H3,(H,17,18);/p-2/b10-9-;;. The molecule has 0 saturated carbocycles. The molecule has 0 aliphatic carbocycles. The van der Waals surface area contributed by atoms with Gasteiger partial charge in [-0.1, -0.05) is 154 Å². The van der Waals surface area contributed by atoms with E-state index in [1.165, 1.54) is 135 Å². The maximum absolute atomic E-state index is 10.2. The molecule has 0 saturated heterocycles. The Labute approximate surface area is 274 Å². The number of carboxylic acid groups (broad SMARTS) is 2. The molecule has 0 radical (unpaired) electrons. The summed E-state index contributed by atoms with van der Waals surface area (Å²) in [5, 5.41) is 20.4. The number of aliphatic carboxylic acids is 2. The predicted octanol–water partition coefficient (Wildman–Crippen LogP) is 8.99. The van der Waals surface area contributed by atoms with Crippen molar-refractivity contribution >= 4 is 11.9 Å². The van der Waals surface area contributed by atoms with Gasteiger partial charge in [0, 0.05) is 50.1 Å². The molecule has 0 aromatic carbocycles. The second-order valence-electron chi connectivity index (χ2n) is 11.1. The third kappa shape index (κ3) is 48.0. The van der Waals surface area contributed by atoms with Crippen LogP contribution >= 0.6 is 0 Å². The third-order valence-corrected chi connectivity index (χ3v) is 7.13. The Balaban J connectivity index is -0.000000651. The van der Waals surface area contributed by atoms with Crippen LogP contribution < -0.4 is 10.2 Å². The fourth-order valence-electron chi connectivity index (χ4n) is 4.63. The van der Waals surface area contributed by atoms with Crippen molar-refractivity contribution in [3.05, 3.63) is 12.2 Å². The number of carboxylic acids is 2. The van der Waals surface area contributed by atoms with Gasteiger partial charge in [-0.05, 0) is 51.4 Å². The molecule has 0 aliphatic rings. The van der Waals surface area contributed by atoms with E-state index in [-0.39, 0.29) is 51.0 Å². The molecule has 0 aromatic rings. The summed E-state index contributed by atoms with van der Waals surface area (Å²) in [5.41, 5.74) is 0. The summed E-state index contributed by atoms with van der Waals surface area (Å²) in [7, 11) is 0. The van der Waals surface area contributed by atoms with Gasteiger partial charge in [0.25, 0.3) is 0 Å². The maximum Gasteiger partial charge on any atom is 0.0414 e. The molecule has 0 aromatic heterocycles. The zero-order chi connectivity index (χ0) is 28.4. The van der Waals surface area contributed by atoms with E-state index >= 15 is 0 Å². The first-order chi connectivity index (χ1) is 18.5. The summed E-state index contributed by atoms with van der Waals surface area (Å²) in [6, 6.07) is 0. The summed E-state index contributed by atoms with van der Waals surface area (Å²) in [4.78, 5) is 20.4. The summed E-state index contributed by atoms with van der Waals surface area (Å²) in [5.74, 6) is -1.82. The molecule has 0 aliphatic heterocycles. The normalized spacial score (nSPS) is 10.7. The summed E-state index contributed by atoms with van der Waals surface area (Å²) in [6.45, 7) is 4.51. The van der Waals surface area contributed by atoms with E-state index in [0.29, 0.717) is 0 Å². The Bertz CT molecular complexity index is 507. The summed E-state index contributed by atoms with van der Waals surface area (Å²) in [6.07, 6.45) is 37.8. The molecule has 236 valence electrons. The van der Waals surface area contributed by atoms with Crippen LogP contribution in [0.2, 0.25) is 0 Å². The molecule has 5 heteroatoms. The van der Waals surface area contributed by atoms with Crippen LogP contribution in [0.1, 0.15) is 194 Å². The Morgan fingerprint density at radius 2 is 0.641 bits per heavy atom. The Morgan fingerprint density at radius 1 is 0.410 bits per heavy atom. The Morgan fingerprint density at radius 3 is 0.897 bits per heavy atom. The van der Waals surface area contributed by atoms with Gasteiger partial charge in [0.2, 0.25) is 0 Å². The minimum absolute atomic E-state index is 0. The first-order valence-electron chi connectivity index (χ1n) is 16.6. The van der Waals surface area contributed by atoms with Gasteiger partial charge in [-0.15, -0.1) is 0 Å². The van der Waals surface area contributed by atoms with E-state index in [1.54, 1.807) is 0 Å². The van der Waals surface area contributed by atoms with Crippen LogP contribution in [0.15, 0.2) is 12.2 Å². The van der Waals surface area contributed by atoms with Crippen molar-refractivity contribution in [3.8, 4) is 0 Å². The number of hydrogen-bond donors (Lipinski definition) is 0. The van der Waals surface area contributed by atoms with Crippen molar-refractivity contribution in [2.45, 2.75) is 194 Å². The van der Waals surface area contributed by atoms with Crippen LogP contribution in [0.5, 0.6) is 0 Å². The quantitative estimate of drug-likeness (QED) is 0.0577. The number of carbonyl (C=O) groups excluding carboxylic acids is 2. The second-order valence-corrected chi connectivity index (χ2v) is 11.1. The first-order valence-corrected chi connectivity index (χ1v) is 16.6. The average Bonchev–Trinajstić information content (AvgIpc) is 2.89. The minimum Gasteiger partial charge on any atom is -0.550 e. The topological polar surface area (TPSA) is 80.3 Å². The van der Waals surface area contributed by atoms with Crippen molar-refractivity contribution in [2.75, 3.05) is 0 Å². The number of unbranched alkanes of at least 4 members (excludes halogenated alkanes) is 23. The largest absolute Gasteiger partial charge is 0.550 e. The van der Waals surface area contributed by atoms with Gasteiger partial charge in [0.05, 0.1) is 0 Å². The van der Waals surface area contributed by atoms with Gasteiger partial charge in [0.1, 0.15) is 0 Å². The molecular formula is C34H64DyO4-2. The number of allylic oxidation sites excluding steroid dienone is 2. The summed E-state index contributed by atoms with van der Waals surface area (Å²) >= 11 is 0. The molecule has 0 amide bonds. The van der Waals surface area contributed by atoms with Crippen LogP contribution in [-0.2, 0) is 9.59 Å². The SMILES string of the molecule is CCCCCCCC/C=C\CCCCCCCC(=O)[O-].CCCCCCCCCCCCCCCC(=O)[O-].[Dy]. The fourth-order valence-corrected chi connectivity index (χ4v) is 4.63. The van der Waals surface area contributed by atoms with Crippen molar-refractivity contribution in [1.82, 2.24) is 0 Å². The second kappa shape index (κ2) is 40.1. The molecule has 0 bridgehead atoms. The first kappa shape index (κ1) is 43.4. The van der Waals surface area contributed by atoms with Crippen LogP contribution in [-0.4, -0.2) is 11.9 Å². The Kier molecular flexibility index (Phi) is 44.6. The van der Waals surface area contributed by atoms with Crippen molar-refractivity contribution in [3.63, 3.8) is 0 Å². The molecule has 0 rings (SSSR count). The molecule has 0 fully saturated rings. The van der Waals surface area contributed by atoms with Gasteiger partial charge in [-0.25, -0.2) is 0 Å². The minimum atomic E-state index is -0.914. The van der Waals surface area contributed by atoms with Crippen molar-refractivity contribution in [1.29, 1.82) is 0 Å². The Hall–Kier alpha value is -0.0473. The van der Waals surface area contributed by atoms with E-state index < -0.39 is 11.9 Å². The van der Waals surface area contributed by atoms with Crippen molar-refractivity contribution in [2.24, 2.45) is 0 Å². The molecule has 39 heavy (non-hydrogen) atoms. The predicted molar refractivity (Wildman–Crippen MR) is 160 cm³/mol. The van der Waals surface area contributed by atoms with Crippen LogP contribution in [0.3, 0.4) is 0 Å².